The molecular weight excluding hydrogens is 226 g/mol. The Morgan fingerprint density at radius 2 is 1.78 bits per heavy atom. The number of ether oxygens (including phenoxy) is 2. The molecule has 2 N–H and O–H groups in total. The Kier molecular flexibility index (Phi) is 4.68. The van der Waals surface area contributed by atoms with E-state index in [2.05, 4.69) is 13.8 Å². The largest absolute Gasteiger partial charge is 0.381 e. The van der Waals surface area contributed by atoms with Crippen LogP contribution in [0.4, 0.5) is 0 Å². The molecule has 0 bridgehead atoms. The molecule has 3 nitrogen and oxygen atoms in total. The third kappa shape index (κ3) is 2.45. The van der Waals surface area contributed by atoms with Gasteiger partial charge in [0.15, 0.2) is 0 Å². The Hall–Kier alpha value is -0.120. The first-order valence-electron chi connectivity index (χ1n) is 7.60. The smallest absolute Gasteiger partial charge is 0.0664 e. The molecule has 0 aromatic rings. The van der Waals surface area contributed by atoms with Gasteiger partial charge in [0.1, 0.15) is 0 Å². The summed E-state index contributed by atoms with van der Waals surface area (Å²) in [5, 5.41) is 0. The summed E-state index contributed by atoms with van der Waals surface area (Å²) in [5.74, 6) is 0. The fraction of sp³-hybridized carbons (Fsp3) is 1.00. The van der Waals surface area contributed by atoms with Gasteiger partial charge in [-0.3, -0.25) is 0 Å². The molecule has 3 heteroatoms. The van der Waals surface area contributed by atoms with E-state index in [9.17, 15) is 0 Å². The molecule has 2 aliphatic carbocycles. The summed E-state index contributed by atoms with van der Waals surface area (Å²) in [5.41, 5.74) is 6.46. The Morgan fingerprint density at radius 1 is 1.11 bits per heavy atom. The monoisotopic (exact) mass is 255 g/mol. The number of nitrogens with two attached hydrogens (primary N) is 1. The van der Waals surface area contributed by atoms with E-state index in [1.54, 1.807) is 0 Å². The number of rotatable bonds is 5. The van der Waals surface area contributed by atoms with E-state index in [-0.39, 0.29) is 5.41 Å². The van der Waals surface area contributed by atoms with Crippen LogP contribution in [0.25, 0.3) is 0 Å². The SMILES string of the molecule is CCC1(CC)C(N)CC1OC1CCCC(OC)C1. The van der Waals surface area contributed by atoms with Crippen molar-refractivity contribution in [2.45, 2.75) is 83.1 Å². The Bertz CT molecular complexity index is 265. The van der Waals surface area contributed by atoms with Gasteiger partial charge in [-0.25, -0.2) is 0 Å². The highest BCUT2D eigenvalue weighted by Gasteiger charge is 2.52. The molecule has 2 aliphatic rings. The maximum atomic E-state index is 6.37. The van der Waals surface area contributed by atoms with E-state index in [0.717, 1.165) is 25.7 Å². The average Bonchev–Trinajstić information content (AvgIpc) is 2.40. The maximum Gasteiger partial charge on any atom is 0.0664 e. The van der Waals surface area contributed by atoms with Crippen molar-refractivity contribution in [3.8, 4) is 0 Å². The van der Waals surface area contributed by atoms with Crippen molar-refractivity contribution < 1.29 is 9.47 Å². The number of hydrogen-bond donors (Lipinski definition) is 1. The second kappa shape index (κ2) is 5.89. The molecule has 0 amide bonds. The fourth-order valence-electron chi connectivity index (χ4n) is 3.87. The lowest BCUT2D eigenvalue weighted by Gasteiger charge is -2.55. The second-order valence-corrected chi connectivity index (χ2v) is 6.05. The third-order valence-corrected chi connectivity index (χ3v) is 5.43. The van der Waals surface area contributed by atoms with Crippen LogP contribution in [-0.4, -0.2) is 31.5 Å². The highest BCUT2D eigenvalue weighted by Crippen LogP contribution is 2.48. The van der Waals surface area contributed by atoms with E-state index in [0.29, 0.717) is 24.4 Å². The normalized spacial score (nSPS) is 39.3. The molecular formula is C15H29NO2. The van der Waals surface area contributed by atoms with Crippen molar-refractivity contribution in [1.29, 1.82) is 0 Å². The Morgan fingerprint density at radius 3 is 2.33 bits per heavy atom. The zero-order valence-corrected chi connectivity index (χ0v) is 12.2. The van der Waals surface area contributed by atoms with Crippen LogP contribution in [0.3, 0.4) is 0 Å². The van der Waals surface area contributed by atoms with Crippen LogP contribution in [0.15, 0.2) is 0 Å². The molecule has 0 heterocycles. The van der Waals surface area contributed by atoms with E-state index < -0.39 is 0 Å². The van der Waals surface area contributed by atoms with Crippen LogP contribution in [0.2, 0.25) is 0 Å². The van der Waals surface area contributed by atoms with Crippen LogP contribution >= 0.6 is 0 Å². The quantitative estimate of drug-likeness (QED) is 0.821. The average molecular weight is 255 g/mol. The lowest BCUT2D eigenvalue weighted by atomic mass is 9.59. The zero-order chi connectivity index (χ0) is 13.2. The molecule has 18 heavy (non-hydrogen) atoms. The topological polar surface area (TPSA) is 44.5 Å². The van der Waals surface area contributed by atoms with Gasteiger partial charge in [-0.1, -0.05) is 13.8 Å². The van der Waals surface area contributed by atoms with Gasteiger partial charge in [0.05, 0.1) is 18.3 Å². The minimum Gasteiger partial charge on any atom is -0.381 e. The second-order valence-electron chi connectivity index (χ2n) is 6.05. The fourth-order valence-corrected chi connectivity index (χ4v) is 3.87. The zero-order valence-electron chi connectivity index (χ0n) is 12.2. The number of hydrogen-bond acceptors (Lipinski definition) is 3. The van der Waals surface area contributed by atoms with Crippen LogP contribution in [0.1, 0.15) is 58.8 Å². The molecule has 106 valence electrons. The van der Waals surface area contributed by atoms with Crippen LogP contribution in [0, 0.1) is 5.41 Å². The number of methoxy groups -OCH3 is 1. The van der Waals surface area contributed by atoms with E-state index >= 15 is 0 Å². The summed E-state index contributed by atoms with van der Waals surface area (Å²) < 4.78 is 11.8. The van der Waals surface area contributed by atoms with Gasteiger partial charge in [-0.05, 0) is 44.9 Å². The van der Waals surface area contributed by atoms with Gasteiger partial charge in [0.25, 0.3) is 0 Å². The van der Waals surface area contributed by atoms with Gasteiger partial charge in [0.2, 0.25) is 0 Å². The molecule has 2 saturated carbocycles. The third-order valence-electron chi connectivity index (χ3n) is 5.43. The minimum atomic E-state index is 0.236. The van der Waals surface area contributed by atoms with Gasteiger partial charge in [0, 0.05) is 18.6 Å². The van der Waals surface area contributed by atoms with Gasteiger partial charge in [-0.2, -0.15) is 0 Å². The minimum absolute atomic E-state index is 0.236. The predicted molar refractivity (Wildman–Crippen MR) is 73.5 cm³/mol. The highest BCUT2D eigenvalue weighted by molar-refractivity contribution is 5.05. The Labute approximate surface area is 111 Å². The summed E-state index contributed by atoms with van der Waals surface area (Å²) in [6.45, 7) is 4.50. The highest BCUT2D eigenvalue weighted by atomic mass is 16.5. The lowest BCUT2D eigenvalue weighted by molar-refractivity contribution is -0.172. The first-order valence-corrected chi connectivity index (χ1v) is 7.60. The summed E-state index contributed by atoms with van der Waals surface area (Å²) in [7, 11) is 1.81. The molecule has 0 radical (unpaired) electrons. The van der Waals surface area contributed by atoms with Gasteiger partial charge >= 0.3 is 0 Å². The molecule has 0 saturated heterocycles. The molecule has 0 spiro atoms. The van der Waals surface area contributed by atoms with Gasteiger partial charge < -0.3 is 15.2 Å². The van der Waals surface area contributed by atoms with Crippen LogP contribution in [0.5, 0.6) is 0 Å². The van der Waals surface area contributed by atoms with Crippen LogP contribution in [-0.2, 0) is 9.47 Å². The molecule has 0 aromatic heterocycles. The summed E-state index contributed by atoms with van der Waals surface area (Å²) >= 11 is 0. The Balaban J connectivity index is 1.89. The molecule has 0 aromatic carbocycles. The molecule has 2 fully saturated rings. The van der Waals surface area contributed by atoms with Crippen LogP contribution < -0.4 is 5.73 Å². The van der Waals surface area contributed by atoms with E-state index in [4.69, 9.17) is 15.2 Å². The van der Waals surface area contributed by atoms with Crippen molar-refractivity contribution in [3.63, 3.8) is 0 Å². The standard InChI is InChI=1S/C15H29NO2/c1-4-15(5-2)13(16)10-14(15)18-12-8-6-7-11(9-12)17-3/h11-14H,4-10,16H2,1-3H3. The molecule has 4 atom stereocenters. The van der Waals surface area contributed by atoms with Crippen molar-refractivity contribution >= 4 is 0 Å². The summed E-state index contributed by atoms with van der Waals surface area (Å²) in [6, 6.07) is 0.333. The first kappa shape index (κ1) is 14.3. The van der Waals surface area contributed by atoms with Gasteiger partial charge in [-0.15, -0.1) is 0 Å². The van der Waals surface area contributed by atoms with E-state index in [1.165, 1.54) is 19.3 Å². The molecule has 2 rings (SSSR count). The molecule has 0 aliphatic heterocycles. The predicted octanol–water partition coefficient (Wildman–Crippen LogP) is 2.87. The summed E-state index contributed by atoms with van der Waals surface area (Å²) in [6.07, 6.45) is 9.14. The van der Waals surface area contributed by atoms with Crippen molar-refractivity contribution in [2.75, 3.05) is 7.11 Å². The summed E-state index contributed by atoms with van der Waals surface area (Å²) in [4.78, 5) is 0. The van der Waals surface area contributed by atoms with Crippen molar-refractivity contribution in [3.05, 3.63) is 0 Å². The van der Waals surface area contributed by atoms with Crippen molar-refractivity contribution in [2.24, 2.45) is 11.1 Å². The first-order chi connectivity index (χ1) is 8.66. The maximum absolute atomic E-state index is 6.37. The molecule has 4 unspecified atom stereocenters. The lowest BCUT2D eigenvalue weighted by Crippen LogP contribution is -2.62. The van der Waals surface area contributed by atoms with E-state index in [1.807, 2.05) is 7.11 Å². The van der Waals surface area contributed by atoms with Crippen molar-refractivity contribution in [1.82, 2.24) is 0 Å².